The van der Waals surface area contributed by atoms with Crippen molar-refractivity contribution in [1.82, 2.24) is 24.6 Å². The number of aromatic amines is 1. The number of nitrogens with zero attached hydrogens (tertiary/aromatic N) is 4. The number of amides is 1. The zero-order valence-electron chi connectivity index (χ0n) is 14.3. The molecule has 7 heteroatoms. The number of piperidine rings is 1. The molecule has 4 rings (SSSR count). The van der Waals surface area contributed by atoms with Gasteiger partial charge in [-0.15, -0.1) is 0 Å². The first-order valence-electron chi connectivity index (χ1n) is 8.46. The molecule has 0 aliphatic carbocycles. The van der Waals surface area contributed by atoms with Crippen LogP contribution in [0.15, 0.2) is 24.4 Å². The van der Waals surface area contributed by atoms with Crippen LogP contribution in [0.1, 0.15) is 40.6 Å². The Balaban J connectivity index is 1.60. The van der Waals surface area contributed by atoms with Gasteiger partial charge in [0.1, 0.15) is 11.5 Å². The number of aromatic nitrogens is 4. The van der Waals surface area contributed by atoms with Crippen LogP contribution in [-0.4, -0.2) is 43.6 Å². The number of para-hydroxylation sites is 1. The highest BCUT2D eigenvalue weighted by atomic mass is 35.5. The highest BCUT2D eigenvalue weighted by Gasteiger charge is 2.29. The Hall–Kier alpha value is -2.34. The Bertz CT molecular complexity index is 925. The summed E-state index contributed by atoms with van der Waals surface area (Å²) < 4.78 is 1.54. The molecule has 1 aliphatic rings. The van der Waals surface area contributed by atoms with Crippen LogP contribution in [-0.2, 0) is 7.05 Å². The van der Waals surface area contributed by atoms with Crippen molar-refractivity contribution < 1.29 is 4.79 Å². The van der Waals surface area contributed by atoms with E-state index in [1.807, 2.05) is 17.0 Å². The molecule has 0 bridgehead atoms. The van der Waals surface area contributed by atoms with Crippen LogP contribution in [0, 0.1) is 6.92 Å². The summed E-state index contributed by atoms with van der Waals surface area (Å²) in [7, 11) is 1.74. The van der Waals surface area contributed by atoms with E-state index in [0.717, 1.165) is 41.8 Å². The number of hydrogen-bond donors (Lipinski definition) is 1. The molecule has 6 nitrogen and oxygen atoms in total. The highest BCUT2D eigenvalue weighted by Crippen LogP contribution is 2.29. The molecule has 3 aromatic rings. The van der Waals surface area contributed by atoms with Crippen molar-refractivity contribution in [2.75, 3.05) is 13.1 Å². The fraction of sp³-hybridized carbons (Fsp3) is 0.389. The van der Waals surface area contributed by atoms with Crippen molar-refractivity contribution in [3.8, 4) is 0 Å². The number of aryl methyl sites for hydroxylation is 2. The number of carbonyl (C=O) groups excluding carboxylic acids is 1. The number of hydrogen-bond acceptors (Lipinski definition) is 3. The third-order valence-electron chi connectivity index (χ3n) is 4.92. The molecule has 25 heavy (non-hydrogen) atoms. The van der Waals surface area contributed by atoms with E-state index in [9.17, 15) is 4.79 Å². The summed E-state index contributed by atoms with van der Waals surface area (Å²) in [6, 6.07) is 6.13. The first-order chi connectivity index (χ1) is 12.0. The van der Waals surface area contributed by atoms with E-state index in [0.29, 0.717) is 17.3 Å². The van der Waals surface area contributed by atoms with Crippen molar-refractivity contribution in [3.63, 3.8) is 0 Å². The normalized spacial score (nSPS) is 18.0. The van der Waals surface area contributed by atoms with Crippen LogP contribution in [0.3, 0.4) is 0 Å². The first-order valence-corrected chi connectivity index (χ1v) is 8.84. The third-order valence-corrected chi connectivity index (χ3v) is 5.20. The second-order valence-corrected chi connectivity index (χ2v) is 7.06. The summed E-state index contributed by atoms with van der Waals surface area (Å²) in [6.07, 6.45) is 3.47. The van der Waals surface area contributed by atoms with Crippen molar-refractivity contribution in [3.05, 3.63) is 46.5 Å². The summed E-state index contributed by atoms with van der Waals surface area (Å²) in [5.74, 6) is 1.09. The second-order valence-electron chi connectivity index (χ2n) is 6.65. The number of H-pyrrole nitrogens is 1. The lowest BCUT2D eigenvalue weighted by Crippen LogP contribution is -2.40. The average Bonchev–Trinajstić information content (AvgIpc) is 3.19. The molecule has 130 valence electrons. The number of carbonyl (C=O) groups is 1. The maximum atomic E-state index is 12.9. The van der Waals surface area contributed by atoms with Crippen molar-refractivity contribution in [1.29, 1.82) is 0 Å². The molecule has 2 aromatic heterocycles. The molecule has 1 aromatic carbocycles. The van der Waals surface area contributed by atoms with Gasteiger partial charge in [0.25, 0.3) is 5.91 Å². The van der Waals surface area contributed by atoms with E-state index in [4.69, 9.17) is 16.6 Å². The fourth-order valence-corrected chi connectivity index (χ4v) is 3.82. The molecule has 1 saturated heterocycles. The Morgan fingerprint density at radius 1 is 1.40 bits per heavy atom. The molecule has 0 radical (unpaired) electrons. The quantitative estimate of drug-likeness (QED) is 0.765. The zero-order valence-corrected chi connectivity index (χ0v) is 15.0. The van der Waals surface area contributed by atoms with E-state index in [1.165, 1.54) is 6.20 Å². The molecule has 1 amide bonds. The summed E-state index contributed by atoms with van der Waals surface area (Å²) >= 11 is 6.13. The zero-order chi connectivity index (χ0) is 17.6. The minimum Gasteiger partial charge on any atom is -0.342 e. The molecule has 1 N–H and O–H groups in total. The fourth-order valence-electron chi connectivity index (χ4n) is 3.57. The largest absolute Gasteiger partial charge is 0.342 e. The highest BCUT2D eigenvalue weighted by molar-refractivity contribution is 6.33. The van der Waals surface area contributed by atoms with Gasteiger partial charge in [-0.25, -0.2) is 4.98 Å². The van der Waals surface area contributed by atoms with Crippen LogP contribution < -0.4 is 0 Å². The first kappa shape index (κ1) is 16.1. The molecule has 1 unspecified atom stereocenters. The Morgan fingerprint density at radius 3 is 2.96 bits per heavy atom. The molecule has 1 fully saturated rings. The van der Waals surface area contributed by atoms with E-state index in [1.54, 1.807) is 11.7 Å². The minimum absolute atomic E-state index is 0.0676. The topological polar surface area (TPSA) is 66.8 Å². The number of imidazole rings is 1. The lowest BCUT2D eigenvalue weighted by atomic mass is 9.97. The Morgan fingerprint density at radius 2 is 2.24 bits per heavy atom. The van der Waals surface area contributed by atoms with E-state index in [2.05, 4.69) is 23.1 Å². The van der Waals surface area contributed by atoms with Crippen molar-refractivity contribution >= 4 is 28.5 Å². The number of nitrogens with one attached hydrogen (secondary N) is 1. The Kier molecular flexibility index (Phi) is 4.00. The second kappa shape index (κ2) is 6.19. The van der Waals surface area contributed by atoms with Crippen LogP contribution in [0.5, 0.6) is 0 Å². The molecular weight excluding hydrogens is 338 g/mol. The average molecular weight is 358 g/mol. The molecular formula is C18H20ClN5O. The van der Waals surface area contributed by atoms with Gasteiger partial charge >= 0.3 is 0 Å². The summed E-state index contributed by atoms with van der Waals surface area (Å²) in [6.45, 7) is 3.43. The van der Waals surface area contributed by atoms with E-state index in [-0.39, 0.29) is 11.8 Å². The standard InChI is InChI=1S/C18H20ClN5O/c1-11-5-3-7-14-15(11)22-17(21-14)12-6-4-8-24(10-12)18(25)16-13(19)9-20-23(16)2/h3,5,7,9,12H,4,6,8,10H2,1-2H3,(H,21,22). The summed E-state index contributed by atoms with van der Waals surface area (Å²) in [5, 5.41) is 4.46. The maximum absolute atomic E-state index is 12.9. The van der Waals surface area contributed by atoms with Crippen LogP contribution in [0.25, 0.3) is 11.0 Å². The van der Waals surface area contributed by atoms with Gasteiger partial charge in [0.05, 0.1) is 22.3 Å². The van der Waals surface area contributed by atoms with Gasteiger partial charge in [-0.1, -0.05) is 23.7 Å². The van der Waals surface area contributed by atoms with Gasteiger partial charge in [0, 0.05) is 26.1 Å². The Labute approximate surface area is 150 Å². The van der Waals surface area contributed by atoms with Gasteiger partial charge in [0.2, 0.25) is 0 Å². The van der Waals surface area contributed by atoms with Crippen LogP contribution in [0.4, 0.5) is 0 Å². The lowest BCUT2D eigenvalue weighted by Gasteiger charge is -2.31. The smallest absolute Gasteiger partial charge is 0.273 e. The number of halogens is 1. The van der Waals surface area contributed by atoms with Crippen LogP contribution in [0.2, 0.25) is 5.02 Å². The van der Waals surface area contributed by atoms with Gasteiger partial charge in [-0.05, 0) is 31.4 Å². The molecule has 1 atom stereocenters. The predicted octanol–water partition coefficient (Wildman–Crippen LogP) is 3.28. The van der Waals surface area contributed by atoms with Crippen molar-refractivity contribution in [2.24, 2.45) is 7.05 Å². The third kappa shape index (κ3) is 2.80. The maximum Gasteiger partial charge on any atom is 0.273 e. The van der Waals surface area contributed by atoms with Gasteiger partial charge in [-0.3, -0.25) is 9.48 Å². The van der Waals surface area contributed by atoms with E-state index < -0.39 is 0 Å². The summed E-state index contributed by atoms with van der Waals surface area (Å²) in [4.78, 5) is 22.9. The number of fused-ring (bicyclic) bond motifs is 1. The summed E-state index contributed by atoms with van der Waals surface area (Å²) in [5.41, 5.74) is 3.66. The van der Waals surface area contributed by atoms with Crippen molar-refractivity contribution in [2.45, 2.75) is 25.7 Å². The van der Waals surface area contributed by atoms with Gasteiger partial charge in [-0.2, -0.15) is 5.10 Å². The molecule has 1 aliphatic heterocycles. The van der Waals surface area contributed by atoms with Gasteiger partial charge in [0.15, 0.2) is 0 Å². The number of likely N-dealkylation sites (tertiary alicyclic amines) is 1. The molecule has 0 saturated carbocycles. The number of rotatable bonds is 2. The van der Waals surface area contributed by atoms with Gasteiger partial charge < -0.3 is 9.88 Å². The number of benzene rings is 1. The minimum atomic E-state index is -0.0676. The predicted molar refractivity (Wildman–Crippen MR) is 96.9 cm³/mol. The SMILES string of the molecule is Cc1cccc2[nH]c(C3CCCN(C(=O)c4c(Cl)cnn4C)C3)nc12. The lowest BCUT2D eigenvalue weighted by molar-refractivity contribution is 0.0694. The van der Waals surface area contributed by atoms with Crippen LogP contribution >= 0.6 is 11.6 Å². The monoisotopic (exact) mass is 357 g/mol. The molecule has 0 spiro atoms. The molecule has 3 heterocycles. The van der Waals surface area contributed by atoms with E-state index >= 15 is 0 Å².